The van der Waals surface area contributed by atoms with Gasteiger partial charge in [0.2, 0.25) is 0 Å². The van der Waals surface area contributed by atoms with Crippen LogP contribution in [-0.4, -0.2) is 19.1 Å². The fourth-order valence-electron chi connectivity index (χ4n) is 0.578. The molecule has 0 aromatic rings. The van der Waals surface area contributed by atoms with Gasteiger partial charge in [0.1, 0.15) is 0 Å². The molecule has 0 heterocycles. The number of hydrogen-bond acceptors (Lipinski definition) is 3. The minimum Gasteiger partial charge on any atom is -0.465 e. The van der Waals surface area contributed by atoms with E-state index in [1.54, 1.807) is 0 Å². The lowest BCUT2D eigenvalue weighted by molar-refractivity contribution is -0.144. The van der Waals surface area contributed by atoms with Crippen LogP contribution in [0.3, 0.4) is 0 Å². The highest BCUT2D eigenvalue weighted by molar-refractivity contribution is 5.69. The Kier molecular flexibility index (Phi) is 5.84. The molecule has 0 amide bonds. The highest BCUT2D eigenvalue weighted by Gasteiger charge is 2.02. The molecule has 3 heteroatoms. The summed E-state index contributed by atoms with van der Waals surface area (Å²) in [6.45, 7) is 5.09. The molecular weight excluding hydrogens is 142 g/mol. The average Bonchev–Trinajstić information content (AvgIpc) is 1.97. The highest BCUT2D eigenvalue weighted by Crippen LogP contribution is 1.96. The third-order valence-corrected chi connectivity index (χ3v) is 1.16. The van der Waals surface area contributed by atoms with Gasteiger partial charge in [-0.3, -0.25) is 4.79 Å². The molecule has 0 rings (SSSR count). The third-order valence-electron chi connectivity index (χ3n) is 1.16. The largest absolute Gasteiger partial charge is 0.465 e. The Morgan fingerprint density at radius 1 is 1.55 bits per heavy atom. The zero-order valence-corrected chi connectivity index (χ0v) is 7.30. The van der Waals surface area contributed by atoms with Crippen molar-refractivity contribution in [2.45, 2.75) is 26.7 Å². The summed E-state index contributed by atoms with van der Waals surface area (Å²) in [5.74, 6) is 0.279. The normalized spacial score (nSPS) is 10.2. The molecule has 0 fully saturated rings. The van der Waals surface area contributed by atoms with E-state index in [0.29, 0.717) is 25.5 Å². The maximum absolute atomic E-state index is 10.8. The molecule has 0 unspecified atom stereocenters. The summed E-state index contributed by atoms with van der Waals surface area (Å²) >= 11 is 0. The zero-order valence-electron chi connectivity index (χ0n) is 7.30. The van der Waals surface area contributed by atoms with Gasteiger partial charge in [-0.2, -0.15) is 0 Å². The predicted octanol–water partition coefficient (Wildman–Crippen LogP) is 0.924. The monoisotopic (exact) mass is 159 g/mol. The summed E-state index contributed by atoms with van der Waals surface area (Å²) in [6.07, 6.45) is 1.17. The summed E-state index contributed by atoms with van der Waals surface area (Å²) < 4.78 is 4.91. The van der Waals surface area contributed by atoms with Crippen molar-refractivity contribution in [3.05, 3.63) is 0 Å². The smallest absolute Gasteiger partial charge is 0.305 e. The highest BCUT2D eigenvalue weighted by atomic mass is 16.5. The number of rotatable bonds is 5. The molecule has 0 radical (unpaired) electrons. The quantitative estimate of drug-likeness (QED) is 0.607. The second-order valence-electron chi connectivity index (χ2n) is 2.97. The fourth-order valence-corrected chi connectivity index (χ4v) is 0.578. The van der Waals surface area contributed by atoms with Crippen LogP contribution in [0.1, 0.15) is 26.7 Å². The Morgan fingerprint density at radius 3 is 2.64 bits per heavy atom. The fraction of sp³-hybridized carbons (Fsp3) is 0.875. The van der Waals surface area contributed by atoms with Crippen LogP contribution >= 0.6 is 0 Å². The summed E-state index contributed by atoms with van der Waals surface area (Å²) in [5, 5.41) is 0. The molecule has 0 saturated heterocycles. The van der Waals surface area contributed by atoms with Gasteiger partial charge in [0.05, 0.1) is 6.61 Å². The topological polar surface area (TPSA) is 52.3 Å². The molecule has 0 aromatic heterocycles. The number of esters is 1. The van der Waals surface area contributed by atoms with Crippen molar-refractivity contribution >= 4 is 5.97 Å². The predicted molar refractivity (Wildman–Crippen MR) is 44.1 cm³/mol. The van der Waals surface area contributed by atoms with Crippen LogP contribution in [0.25, 0.3) is 0 Å². The molecule has 0 bridgehead atoms. The molecule has 0 saturated carbocycles. The molecular formula is C8H17NO2. The Hall–Kier alpha value is -0.570. The Morgan fingerprint density at radius 2 is 2.18 bits per heavy atom. The third kappa shape index (κ3) is 7.33. The first kappa shape index (κ1) is 10.4. The lowest BCUT2D eigenvalue weighted by Gasteiger charge is -2.05. The number of carbonyl (C=O) groups is 1. The molecule has 0 aliphatic carbocycles. The first-order chi connectivity index (χ1) is 5.16. The van der Waals surface area contributed by atoms with Crippen molar-refractivity contribution in [2.24, 2.45) is 11.7 Å². The Labute approximate surface area is 67.9 Å². The minimum absolute atomic E-state index is 0.135. The molecule has 0 aliphatic rings. The van der Waals surface area contributed by atoms with Crippen molar-refractivity contribution in [1.82, 2.24) is 0 Å². The summed E-state index contributed by atoms with van der Waals surface area (Å²) in [4.78, 5) is 10.8. The Bertz CT molecular complexity index is 113. The molecule has 11 heavy (non-hydrogen) atoms. The van der Waals surface area contributed by atoms with E-state index < -0.39 is 0 Å². The van der Waals surface area contributed by atoms with Crippen LogP contribution < -0.4 is 5.73 Å². The lowest BCUT2D eigenvalue weighted by atomic mass is 10.2. The number of ether oxygens (including phenoxy) is 1. The van der Waals surface area contributed by atoms with Crippen molar-refractivity contribution in [1.29, 1.82) is 0 Å². The Balaban J connectivity index is 3.23. The van der Waals surface area contributed by atoms with Gasteiger partial charge in [-0.05, 0) is 18.9 Å². The first-order valence-corrected chi connectivity index (χ1v) is 4.02. The van der Waals surface area contributed by atoms with Gasteiger partial charge in [0, 0.05) is 6.42 Å². The molecule has 2 N–H and O–H groups in total. The van der Waals surface area contributed by atoms with Gasteiger partial charge in [-0.1, -0.05) is 13.8 Å². The molecule has 0 spiro atoms. The second-order valence-corrected chi connectivity index (χ2v) is 2.97. The maximum Gasteiger partial charge on any atom is 0.305 e. The van der Waals surface area contributed by atoms with Gasteiger partial charge >= 0.3 is 5.97 Å². The molecule has 66 valence electrons. The molecule has 0 aliphatic heterocycles. The van der Waals surface area contributed by atoms with Gasteiger partial charge in [-0.15, -0.1) is 0 Å². The number of hydrogen-bond donors (Lipinski definition) is 1. The van der Waals surface area contributed by atoms with Crippen LogP contribution in [0.4, 0.5) is 0 Å². The van der Waals surface area contributed by atoms with E-state index in [2.05, 4.69) is 0 Å². The summed E-state index contributed by atoms with van der Waals surface area (Å²) in [5.41, 5.74) is 5.22. The second kappa shape index (κ2) is 6.16. The lowest BCUT2D eigenvalue weighted by Crippen LogP contribution is -2.11. The SMILES string of the molecule is CC(C)COC(=O)CCCN. The summed E-state index contributed by atoms with van der Waals surface area (Å²) in [6, 6.07) is 0. The number of nitrogens with two attached hydrogens (primary N) is 1. The van der Waals surface area contributed by atoms with E-state index >= 15 is 0 Å². The zero-order chi connectivity index (χ0) is 8.69. The van der Waals surface area contributed by atoms with Crippen LogP contribution in [0, 0.1) is 5.92 Å². The van der Waals surface area contributed by atoms with Gasteiger partial charge in [-0.25, -0.2) is 0 Å². The van der Waals surface area contributed by atoms with E-state index in [1.165, 1.54) is 0 Å². The number of carbonyl (C=O) groups excluding carboxylic acids is 1. The van der Waals surface area contributed by atoms with E-state index in [1.807, 2.05) is 13.8 Å². The van der Waals surface area contributed by atoms with Crippen LogP contribution in [0.5, 0.6) is 0 Å². The minimum atomic E-state index is -0.135. The van der Waals surface area contributed by atoms with Crippen molar-refractivity contribution in [3.8, 4) is 0 Å². The van der Waals surface area contributed by atoms with Crippen LogP contribution in [-0.2, 0) is 9.53 Å². The average molecular weight is 159 g/mol. The van der Waals surface area contributed by atoms with Crippen molar-refractivity contribution < 1.29 is 9.53 Å². The van der Waals surface area contributed by atoms with E-state index in [9.17, 15) is 4.79 Å². The molecule has 3 nitrogen and oxygen atoms in total. The van der Waals surface area contributed by atoms with Crippen molar-refractivity contribution in [2.75, 3.05) is 13.2 Å². The van der Waals surface area contributed by atoms with E-state index in [-0.39, 0.29) is 5.97 Å². The van der Waals surface area contributed by atoms with E-state index in [0.717, 1.165) is 6.42 Å². The van der Waals surface area contributed by atoms with Crippen LogP contribution in [0.2, 0.25) is 0 Å². The van der Waals surface area contributed by atoms with Gasteiger partial charge in [0.25, 0.3) is 0 Å². The van der Waals surface area contributed by atoms with Crippen molar-refractivity contribution in [3.63, 3.8) is 0 Å². The summed E-state index contributed by atoms with van der Waals surface area (Å²) in [7, 11) is 0. The van der Waals surface area contributed by atoms with Crippen LogP contribution in [0.15, 0.2) is 0 Å². The maximum atomic E-state index is 10.8. The molecule has 0 aromatic carbocycles. The van der Waals surface area contributed by atoms with Gasteiger partial charge in [0.15, 0.2) is 0 Å². The first-order valence-electron chi connectivity index (χ1n) is 4.02. The van der Waals surface area contributed by atoms with Gasteiger partial charge < -0.3 is 10.5 Å². The molecule has 0 atom stereocenters. The van der Waals surface area contributed by atoms with E-state index in [4.69, 9.17) is 10.5 Å². The standard InChI is InChI=1S/C8H17NO2/c1-7(2)6-11-8(10)4-3-5-9/h7H,3-6,9H2,1-2H3.